The number of aliphatic hydroxyl groups excluding tert-OH is 1. The van der Waals surface area contributed by atoms with Gasteiger partial charge in [-0.05, 0) is 50.5 Å². The van der Waals surface area contributed by atoms with Crippen LogP contribution in [-0.2, 0) is 9.59 Å². The Morgan fingerprint density at radius 3 is 2.43 bits per heavy atom. The SMILES string of the molecule is COc1cc(OCC(=O)NC23CCC(NC(=O)COc4ccc(Cl)c(F)c4)(CC2)C[C@@H]3O)nc(SC)n1. The average Bonchev–Trinajstić information content (AvgIpc) is 2.89. The van der Waals surface area contributed by atoms with Gasteiger partial charge in [0.25, 0.3) is 11.8 Å². The summed E-state index contributed by atoms with van der Waals surface area (Å²) in [6.07, 6.45) is 3.37. The number of ether oxygens (including phenoxy) is 3. The van der Waals surface area contributed by atoms with E-state index in [0.29, 0.717) is 36.7 Å². The molecule has 1 aromatic carbocycles. The van der Waals surface area contributed by atoms with E-state index in [2.05, 4.69) is 20.6 Å². The van der Waals surface area contributed by atoms with Crippen molar-refractivity contribution < 1.29 is 33.3 Å². The van der Waals surface area contributed by atoms with E-state index in [1.54, 1.807) is 0 Å². The van der Waals surface area contributed by atoms with Crippen LogP contribution in [0.3, 0.4) is 0 Å². The number of aromatic nitrogens is 2. The van der Waals surface area contributed by atoms with Gasteiger partial charge >= 0.3 is 0 Å². The second kappa shape index (κ2) is 11.3. The van der Waals surface area contributed by atoms with Gasteiger partial charge in [-0.3, -0.25) is 9.59 Å². The fourth-order valence-electron chi connectivity index (χ4n) is 4.82. The molecule has 1 atom stereocenters. The van der Waals surface area contributed by atoms with Crippen molar-refractivity contribution in [3.63, 3.8) is 0 Å². The average molecular weight is 555 g/mol. The molecule has 200 valence electrons. The molecule has 13 heteroatoms. The number of nitrogens with one attached hydrogen (secondary N) is 2. The molecule has 10 nitrogen and oxygen atoms in total. The molecule has 0 unspecified atom stereocenters. The van der Waals surface area contributed by atoms with Crippen LogP contribution >= 0.6 is 23.4 Å². The summed E-state index contributed by atoms with van der Waals surface area (Å²) in [6, 6.07) is 5.44. The highest BCUT2D eigenvalue weighted by Crippen LogP contribution is 2.47. The normalized spacial score (nSPS) is 24.3. The minimum atomic E-state index is -0.854. The lowest BCUT2D eigenvalue weighted by Crippen LogP contribution is -2.70. The van der Waals surface area contributed by atoms with E-state index in [9.17, 15) is 19.1 Å². The molecular weight excluding hydrogens is 527 g/mol. The van der Waals surface area contributed by atoms with Gasteiger partial charge in [0.1, 0.15) is 11.6 Å². The number of fused-ring (bicyclic) bond motifs is 3. The van der Waals surface area contributed by atoms with E-state index in [0.717, 1.165) is 6.07 Å². The van der Waals surface area contributed by atoms with Crippen molar-refractivity contribution >= 4 is 35.2 Å². The summed E-state index contributed by atoms with van der Waals surface area (Å²) in [5, 5.41) is 17.3. The monoisotopic (exact) mass is 554 g/mol. The van der Waals surface area contributed by atoms with Crippen molar-refractivity contribution in [1.29, 1.82) is 0 Å². The third-order valence-corrected chi connectivity index (χ3v) is 7.63. The Morgan fingerprint density at radius 1 is 1.11 bits per heavy atom. The molecule has 5 rings (SSSR count). The summed E-state index contributed by atoms with van der Waals surface area (Å²) in [6.45, 7) is -0.586. The van der Waals surface area contributed by atoms with E-state index < -0.39 is 23.0 Å². The number of amides is 2. The molecule has 3 aliphatic rings. The quantitative estimate of drug-likeness (QED) is 0.299. The zero-order chi connectivity index (χ0) is 26.6. The number of nitrogens with zero attached hydrogens (tertiary/aromatic N) is 2. The molecule has 1 heterocycles. The lowest BCUT2D eigenvalue weighted by Gasteiger charge is -2.56. The molecular formula is C24H28ClFN4O6S. The number of thioether (sulfide) groups is 1. The van der Waals surface area contributed by atoms with Crippen LogP contribution < -0.4 is 24.8 Å². The molecule has 3 saturated carbocycles. The third kappa shape index (κ3) is 6.36. The van der Waals surface area contributed by atoms with E-state index in [4.69, 9.17) is 25.8 Å². The van der Waals surface area contributed by atoms with Crippen LogP contribution in [-0.4, -0.2) is 70.6 Å². The molecule has 3 aliphatic carbocycles. The standard InChI is InChI=1S/C24H28ClFN4O6S/c1-34-20-10-21(28-22(27-20)37-2)36-13-19(33)30-24-7-5-23(6-8-24,11-17(24)31)29-18(32)12-35-14-3-4-15(25)16(26)9-14/h3-4,9-10,17,31H,5-8,11-13H2,1-2H3,(H,29,32)(H,30,33)/t17-,23?,24?/m0/s1. The maximum atomic E-state index is 13.6. The van der Waals surface area contributed by atoms with Gasteiger partial charge in [-0.2, -0.15) is 9.97 Å². The largest absolute Gasteiger partial charge is 0.484 e. The Hall–Kier alpha value is -2.83. The number of methoxy groups -OCH3 is 1. The van der Waals surface area contributed by atoms with Crippen LogP contribution in [0.4, 0.5) is 4.39 Å². The van der Waals surface area contributed by atoms with Gasteiger partial charge < -0.3 is 30.0 Å². The van der Waals surface area contributed by atoms with Crippen molar-refractivity contribution in [2.75, 3.05) is 26.6 Å². The van der Waals surface area contributed by atoms with Gasteiger partial charge in [-0.15, -0.1) is 0 Å². The minimum Gasteiger partial charge on any atom is -0.484 e. The maximum absolute atomic E-state index is 13.6. The van der Waals surface area contributed by atoms with Gasteiger partial charge in [0.2, 0.25) is 11.8 Å². The summed E-state index contributed by atoms with van der Waals surface area (Å²) in [4.78, 5) is 33.6. The fraction of sp³-hybridized carbons (Fsp3) is 0.500. The first kappa shape index (κ1) is 27.2. The molecule has 0 radical (unpaired) electrons. The van der Waals surface area contributed by atoms with Crippen LogP contribution in [0.5, 0.6) is 17.5 Å². The number of hydrogen-bond donors (Lipinski definition) is 3. The van der Waals surface area contributed by atoms with E-state index in [-0.39, 0.29) is 48.1 Å². The first-order chi connectivity index (χ1) is 17.7. The van der Waals surface area contributed by atoms with Crippen LogP contribution in [0.25, 0.3) is 0 Å². The van der Waals surface area contributed by atoms with Crippen LogP contribution in [0, 0.1) is 5.82 Å². The van der Waals surface area contributed by atoms with E-state index >= 15 is 0 Å². The van der Waals surface area contributed by atoms with Crippen LogP contribution in [0.15, 0.2) is 29.4 Å². The highest BCUT2D eigenvalue weighted by molar-refractivity contribution is 7.98. The van der Waals surface area contributed by atoms with Crippen molar-refractivity contribution in [1.82, 2.24) is 20.6 Å². The highest BCUT2D eigenvalue weighted by atomic mass is 35.5. The lowest BCUT2D eigenvalue weighted by molar-refractivity contribution is -0.137. The highest BCUT2D eigenvalue weighted by Gasteiger charge is 2.55. The Kier molecular flexibility index (Phi) is 8.29. The predicted octanol–water partition coefficient (Wildman–Crippen LogP) is 2.51. The van der Waals surface area contributed by atoms with Gasteiger partial charge in [0.05, 0.1) is 29.8 Å². The van der Waals surface area contributed by atoms with E-state index in [1.807, 2.05) is 6.26 Å². The molecule has 3 fully saturated rings. The Morgan fingerprint density at radius 2 is 1.78 bits per heavy atom. The topological polar surface area (TPSA) is 132 Å². The van der Waals surface area contributed by atoms with E-state index in [1.165, 1.54) is 37.1 Å². The second-order valence-corrected chi connectivity index (χ2v) is 10.3. The number of hydrogen-bond acceptors (Lipinski definition) is 9. The molecule has 2 aromatic rings. The lowest BCUT2D eigenvalue weighted by atomic mass is 9.60. The molecule has 1 aromatic heterocycles. The number of aliphatic hydroxyl groups is 1. The second-order valence-electron chi connectivity index (χ2n) is 9.14. The summed E-state index contributed by atoms with van der Waals surface area (Å²) < 4.78 is 29.6. The molecule has 0 spiro atoms. The Labute approximate surface area is 222 Å². The summed E-state index contributed by atoms with van der Waals surface area (Å²) >= 11 is 6.98. The molecule has 0 aliphatic heterocycles. The van der Waals surface area contributed by atoms with Crippen LogP contribution in [0.1, 0.15) is 32.1 Å². The van der Waals surface area contributed by atoms with Gasteiger partial charge in [0, 0.05) is 11.6 Å². The zero-order valence-corrected chi connectivity index (χ0v) is 22.0. The minimum absolute atomic E-state index is 0.0322. The van der Waals surface area contributed by atoms with Crippen LogP contribution in [0.2, 0.25) is 5.02 Å². The van der Waals surface area contributed by atoms with Gasteiger partial charge in [-0.1, -0.05) is 23.4 Å². The summed E-state index contributed by atoms with van der Waals surface area (Å²) in [5.74, 6) is -0.667. The molecule has 3 N–H and O–H groups in total. The Bertz CT molecular complexity index is 1140. The van der Waals surface area contributed by atoms with Crippen molar-refractivity contribution in [2.24, 2.45) is 0 Å². The molecule has 0 saturated heterocycles. The number of rotatable bonds is 10. The number of halogens is 2. The summed E-state index contributed by atoms with van der Waals surface area (Å²) in [5.41, 5.74) is -1.39. The van der Waals surface area contributed by atoms with Crippen molar-refractivity contribution in [3.8, 4) is 17.5 Å². The number of benzene rings is 1. The number of carbonyl (C=O) groups is 2. The first-order valence-electron chi connectivity index (χ1n) is 11.6. The predicted molar refractivity (Wildman–Crippen MR) is 134 cm³/mol. The van der Waals surface area contributed by atoms with Gasteiger partial charge in [-0.25, -0.2) is 4.39 Å². The first-order valence-corrected chi connectivity index (χ1v) is 13.2. The number of carbonyl (C=O) groups excluding carboxylic acids is 2. The maximum Gasteiger partial charge on any atom is 0.258 e. The summed E-state index contributed by atoms with van der Waals surface area (Å²) in [7, 11) is 1.48. The molecule has 37 heavy (non-hydrogen) atoms. The molecule has 2 amide bonds. The fourth-order valence-corrected chi connectivity index (χ4v) is 5.30. The Balaban J connectivity index is 1.28. The smallest absolute Gasteiger partial charge is 0.258 e. The third-order valence-electron chi connectivity index (χ3n) is 6.78. The van der Waals surface area contributed by atoms with Crippen molar-refractivity contribution in [2.45, 2.75) is 54.4 Å². The molecule has 2 bridgehead atoms. The zero-order valence-electron chi connectivity index (χ0n) is 20.4. The van der Waals surface area contributed by atoms with Gasteiger partial charge in [0.15, 0.2) is 18.4 Å². The van der Waals surface area contributed by atoms with Crippen molar-refractivity contribution in [3.05, 3.63) is 35.1 Å².